The van der Waals surface area contributed by atoms with Crippen molar-refractivity contribution < 1.29 is 72.3 Å². The summed E-state index contributed by atoms with van der Waals surface area (Å²) in [6.07, 6.45) is 10.5. The maximum absolute atomic E-state index is 8.74. The van der Waals surface area contributed by atoms with Crippen LogP contribution >= 0.6 is 0 Å². The Labute approximate surface area is 188 Å². The van der Waals surface area contributed by atoms with Crippen LogP contribution in [-0.4, -0.2) is 120 Å². The molecule has 0 saturated carbocycles. The Balaban J connectivity index is -0.0000000593. The van der Waals surface area contributed by atoms with Crippen LogP contribution in [-0.2, 0) is 10.4 Å². The Morgan fingerprint density at radius 1 is 0.562 bits per heavy atom. The first kappa shape index (κ1) is 53.0. The lowest BCUT2D eigenvalue weighted by atomic mass is 9.71. The van der Waals surface area contributed by atoms with Crippen molar-refractivity contribution in [1.29, 1.82) is 0 Å². The van der Waals surface area contributed by atoms with Crippen LogP contribution in [0.1, 0.15) is 44.9 Å². The molecule has 0 aromatic heterocycles. The highest BCUT2D eigenvalue weighted by Crippen LogP contribution is 2.42. The van der Waals surface area contributed by atoms with Crippen molar-refractivity contribution in [3.63, 3.8) is 0 Å². The lowest BCUT2D eigenvalue weighted by Gasteiger charge is -2.57. The summed E-state index contributed by atoms with van der Waals surface area (Å²) in [6, 6.07) is 1.92. The zero-order valence-corrected chi connectivity index (χ0v) is 18.9. The molecule has 4 saturated heterocycles. The molecule has 4 aliphatic rings. The van der Waals surface area contributed by atoms with Gasteiger partial charge < -0.3 is 54.8 Å². The first-order valence-electron chi connectivity index (χ1n) is 8.60. The van der Waals surface area contributed by atoms with Crippen molar-refractivity contribution in [2.24, 2.45) is 11.8 Å². The third kappa shape index (κ3) is 13.8. The highest BCUT2D eigenvalue weighted by atomic mass is 32.3. The molecule has 0 radical (unpaired) electrons. The van der Waals surface area contributed by atoms with E-state index in [1.54, 1.807) is 6.42 Å². The lowest BCUT2D eigenvalue weighted by Crippen LogP contribution is -2.63. The summed E-state index contributed by atoms with van der Waals surface area (Å²) in [5.74, 6) is 2.03. The molecule has 4 aliphatic heterocycles. The van der Waals surface area contributed by atoms with Gasteiger partial charge in [-0.2, -0.15) is 8.42 Å². The number of fused-ring (bicyclic) bond motifs is 6. The Morgan fingerprint density at radius 3 is 1.12 bits per heavy atom. The van der Waals surface area contributed by atoms with Crippen molar-refractivity contribution in [1.82, 2.24) is 9.80 Å². The molecular formula is C15H48N2O14S. The van der Waals surface area contributed by atoms with Crippen LogP contribution in [0.3, 0.4) is 0 Å². The predicted molar refractivity (Wildman–Crippen MR) is 120 cm³/mol. The molecule has 4 heterocycles. The maximum atomic E-state index is 8.74. The Hall–Kier alpha value is -0.610. The maximum Gasteiger partial charge on any atom is 0.394 e. The van der Waals surface area contributed by atoms with E-state index in [9.17, 15) is 0 Å². The summed E-state index contributed by atoms with van der Waals surface area (Å²) in [5, 5.41) is 0. The van der Waals surface area contributed by atoms with Gasteiger partial charge in [0.25, 0.3) is 0 Å². The number of hydrogen-bond acceptors (Lipinski definition) is 4. The highest BCUT2D eigenvalue weighted by Gasteiger charge is 2.46. The van der Waals surface area contributed by atoms with E-state index in [0.717, 1.165) is 23.9 Å². The minimum absolute atomic E-state index is 0. The first-order valence-corrected chi connectivity index (χ1v) is 9.99. The molecule has 16 nitrogen and oxygen atoms in total. The smallest absolute Gasteiger partial charge is 0.394 e. The molecule has 4 atom stereocenters. The van der Waals surface area contributed by atoms with Gasteiger partial charge in [-0.3, -0.25) is 18.9 Å². The molecule has 0 aliphatic carbocycles. The van der Waals surface area contributed by atoms with Crippen LogP contribution in [0.25, 0.3) is 0 Å². The SMILES string of the molecule is C1CCN2C[C@@H]3C[C@@H](CN4CCCC[C@@H]34)[C@H]2C1.O.O.O.O.O.O.O.O.O.O.O=S(=O)(O)O. The summed E-state index contributed by atoms with van der Waals surface area (Å²) in [5.41, 5.74) is 0. The fourth-order valence-corrected chi connectivity index (χ4v) is 5.25. The van der Waals surface area contributed by atoms with Gasteiger partial charge in [-0.05, 0) is 57.0 Å². The number of nitrogens with zero attached hydrogens (tertiary/aromatic N) is 2. The molecule has 0 spiro atoms. The van der Waals surface area contributed by atoms with Crippen LogP contribution in [0, 0.1) is 11.8 Å². The molecule has 17 heteroatoms. The Bertz CT molecular complexity index is 465. The molecule has 0 aromatic carbocycles. The minimum Gasteiger partial charge on any atom is -0.412 e. The number of hydrogen-bond donors (Lipinski definition) is 2. The second kappa shape index (κ2) is 22.2. The summed E-state index contributed by atoms with van der Waals surface area (Å²) < 4.78 is 31.6. The van der Waals surface area contributed by atoms with Crippen LogP contribution in [0.4, 0.5) is 0 Å². The zero-order valence-electron chi connectivity index (χ0n) is 18.1. The third-order valence-electron chi connectivity index (χ3n) is 5.96. The monoisotopic (exact) mass is 512 g/mol. The molecule has 208 valence electrons. The average molecular weight is 513 g/mol. The fraction of sp³-hybridized carbons (Fsp3) is 1.00. The summed E-state index contributed by atoms with van der Waals surface area (Å²) in [4.78, 5) is 5.74. The first-order chi connectivity index (χ1) is 10.4. The molecule has 2 bridgehead atoms. The second-order valence-corrected chi connectivity index (χ2v) is 8.22. The van der Waals surface area contributed by atoms with E-state index in [4.69, 9.17) is 17.5 Å². The van der Waals surface area contributed by atoms with Gasteiger partial charge in [0.05, 0.1) is 0 Å². The van der Waals surface area contributed by atoms with Gasteiger partial charge in [0.2, 0.25) is 0 Å². The van der Waals surface area contributed by atoms with E-state index in [1.807, 2.05) is 0 Å². The van der Waals surface area contributed by atoms with E-state index >= 15 is 0 Å². The normalized spacial score (nSPS) is 26.9. The molecule has 32 heavy (non-hydrogen) atoms. The zero-order chi connectivity index (χ0) is 15.7. The standard InChI is InChI=1S/C15H26N2.H2O4S.10H2O/c1-3-7-16-11-13-9-12(14(16)5-1)10-17-8-4-2-6-15(13)17;1-5(2,3)4;;;;;;;;;;/h12-15H,1-11H2;(H2,1,2,3,4);10*1H2/t12-,13-,14-,15+;;;;;;;;;;;/m0.........../s1. The summed E-state index contributed by atoms with van der Waals surface area (Å²) >= 11 is 0. The van der Waals surface area contributed by atoms with Crippen molar-refractivity contribution in [3.8, 4) is 0 Å². The largest absolute Gasteiger partial charge is 0.412 e. The van der Waals surface area contributed by atoms with Crippen molar-refractivity contribution in [2.45, 2.75) is 57.0 Å². The predicted octanol–water partition coefficient (Wildman–Crippen LogP) is -6.55. The van der Waals surface area contributed by atoms with Gasteiger partial charge in [0.1, 0.15) is 0 Å². The third-order valence-corrected chi connectivity index (χ3v) is 5.96. The van der Waals surface area contributed by atoms with E-state index in [2.05, 4.69) is 9.80 Å². The van der Waals surface area contributed by atoms with Crippen LogP contribution in [0.5, 0.6) is 0 Å². The Kier molecular flexibility index (Phi) is 36.8. The Morgan fingerprint density at radius 2 is 0.844 bits per heavy atom. The summed E-state index contributed by atoms with van der Waals surface area (Å²) in [7, 11) is -4.67. The number of rotatable bonds is 0. The average Bonchev–Trinajstić information content (AvgIpc) is 2.46. The molecule has 0 aromatic rings. The molecule has 0 amide bonds. The topological polar surface area (TPSA) is 396 Å². The van der Waals surface area contributed by atoms with Crippen LogP contribution in [0.2, 0.25) is 0 Å². The molecule has 0 unspecified atom stereocenters. The summed E-state index contributed by atoms with van der Waals surface area (Å²) in [6.45, 7) is 5.68. The van der Waals surface area contributed by atoms with E-state index in [0.29, 0.717) is 0 Å². The van der Waals surface area contributed by atoms with Gasteiger partial charge in [-0.1, -0.05) is 12.8 Å². The van der Waals surface area contributed by atoms with Gasteiger partial charge in [-0.15, -0.1) is 0 Å². The van der Waals surface area contributed by atoms with Crippen molar-refractivity contribution in [3.05, 3.63) is 0 Å². The quantitative estimate of drug-likeness (QED) is 0.296. The van der Waals surface area contributed by atoms with Gasteiger partial charge >= 0.3 is 10.4 Å². The lowest BCUT2D eigenvalue weighted by molar-refractivity contribution is -0.0718. The molecule has 4 fully saturated rings. The molecule has 22 N–H and O–H groups in total. The van der Waals surface area contributed by atoms with Gasteiger partial charge in [0.15, 0.2) is 0 Å². The minimum atomic E-state index is -4.67. The number of piperidine rings is 4. The van der Waals surface area contributed by atoms with Crippen LogP contribution < -0.4 is 0 Å². The van der Waals surface area contributed by atoms with Crippen molar-refractivity contribution >= 4 is 10.4 Å². The van der Waals surface area contributed by atoms with Gasteiger partial charge in [-0.25, -0.2) is 0 Å². The highest BCUT2D eigenvalue weighted by molar-refractivity contribution is 7.79. The van der Waals surface area contributed by atoms with Gasteiger partial charge in [0, 0.05) is 25.2 Å². The molecule has 4 rings (SSSR count). The molecular weight excluding hydrogens is 464 g/mol. The van der Waals surface area contributed by atoms with Crippen LogP contribution in [0.15, 0.2) is 0 Å². The fourth-order valence-electron chi connectivity index (χ4n) is 5.25. The van der Waals surface area contributed by atoms with E-state index in [1.165, 1.54) is 64.7 Å². The van der Waals surface area contributed by atoms with Crippen molar-refractivity contribution in [2.75, 3.05) is 26.2 Å². The second-order valence-electron chi connectivity index (χ2n) is 7.32. The van der Waals surface area contributed by atoms with E-state index in [-0.39, 0.29) is 54.8 Å². The van der Waals surface area contributed by atoms with E-state index < -0.39 is 10.4 Å².